The minimum Gasteiger partial charge on any atom is -0.491 e. The third-order valence-corrected chi connectivity index (χ3v) is 5.27. The fourth-order valence-corrected chi connectivity index (χ4v) is 3.80. The minimum absolute atomic E-state index is 0.363. The van der Waals surface area contributed by atoms with Gasteiger partial charge >= 0.3 is 0 Å². The van der Waals surface area contributed by atoms with Crippen LogP contribution in [0.25, 0.3) is 4.85 Å². The number of alkyl halides is 1. The van der Waals surface area contributed by atoms with Crippen LogP contribution >= 0.6 is 11.6 Å². The summed E-state index contributed by atoms with van der Waals surface area (Å²) in [6.45, 7) is 11.8. The van der Waals surface area contributed by atoms with Crippen molar-refractivity contribution in [3.05, 3.63) is 65.0 Å². The second-order valence-electron chi connectivity index (χ2n) is 6.61. The van der Waals surface area contributed by atoms with Gasteiger partial charge in [-0.15, -0.1) is 11.6 Å². The number of hydrogen-bond acceptors (Lipinski definition) is 3. The summed E-state index contributed by atoms with van der Waals surface area (Å²) in [6.07, 6.45) is 0. The maximum Gasteiger partial charge on any atom is 0.191 e. The summed E-state index contributed by atoms with van der Waals surface area (Å²) < 4.78 is 5.94. The molecule has 2 aromatic rings. The summed E-state index contributed by atoms with van der Waals surface area (Å²) in [5.74, 6) is 1.40. The van der Waals surface area contributed by atoms with Crippen LogP contribution in [0.1, 0.15) is 11.1 Å². The predicted octanol–water partition coefficient (Wildman–Crippen LogP) is 4.06. The van der Waals surface area contributed by atoms with Gasteiger partial charge < -0.3 is 9.64 Å². The zero-order valence-corrected chi connectivity index (χ0v) is 14.7. The Morgan fingerprint density at radius 3 is 2.68 bits per heavy atom. The Hall–Kier alpha value is -2.22. The minimum atomic E-state index is 0.363. The molecule has 0 unspecified atom stereocenters. The Balaban J connectivity index is 1.44. The topological polar surface area (TPSA) is 20.1 Å². The molecule has 2 aliphatic rings. The third-order valence-electron chi connectivity index (χ3n) is 4.96. The third kappa shape index (κ3) is 3.30. The number of benzene rings is 2. The molecule has 0 radical (unpaired) electrons. The molecular formula is C20H20ClN3O. The molecule has 2 aliphatic heterocycles. The lowest BCUT2D eigenvalue weighted by atomic mass is 10.1. The smallest absolute Gasteiger partial charge is 0.191 e. The average molecular weight is 354 g/mol. The van der Waals surface area contributed by atoms with Gasteiger partial charge in [-0.05, 0) is 23.3 Å². The average Bonchev–Trinajstić information content (AvgIpc) is 2.67. The number of rotatable bonds is 3. The van der Waals surface area contributed by atoms with Gasteiger partial charge in [0.2, 0.25) is 0 Å². The second-order valence-corrected chi connectivity index (χ2v) is 6.87. The standard InChI is InChI=1S/C20H20ClN3O/c1-22-17-6-7-19-20(10-17)25-14-18-13-23(8-9-24(18)19)12-16-4-2-15(11-21)3-5-16/h2-7,10,18H,8-9,11-14H2/t18-/m1/s1. The predicted molar refractivity (Wildman–Crippen MR) is 101 cm³/mol. The van der Waals surface area contributed by atoms with Gasteiger partial charge in [0, 0.05) is 32.1 Å². The van der Waals surface area contributed by atoms with Crippen molar-refractivity contribution in [1.82, 2.24) is 4.90 Å². The van der Waals surface area contributed by atoms with E-state index in [0.29, 0.717) is 24.2 Å². The molecule has 0 amide bonds. The first-order chi connectivity index (χ1) is 12.3. The van der Waals surface area contributed by atoms with Gasteiger partial charge in [-0.1, -0.05) is 30.3 Å². The van der Waals surface area contributed by atoms with Crippen molar-refractivity contribution in [3.8, 4) is 5.75 Å². The van der Waals surface area contributed by atoms with Crippen LogP contribution in [-0.2, 0) is 12.4 Å². The number of nitrogens with zero attached hydrogens (tertiary/aromatic N) is 3. The number of fused-ring (bicyclic) bond motifs is 3. The highest BCUT2D eigenvalue weighted by Gasteiger charge is 2.32. The highest BCUT2D eigenvalue weighted by atomic mass is 35.5. The van der Waals surface area contributed by atoms with E-state index in [0.717, 1.165) is 43.2 Å². The van der Waals surface area contributed by atoms with Gasteiger partial charge in [0.1, 0.15) is 12.4 Å². The van der Waals surface area contributed by atoms with Gasteiger partial charge in [-0.2, -0.15) is 0 Å². The maximum atomic E-state index is 7.14. The SMILES string of the molecule is [C-]#[N+]c1ccc2c(c1)OC[C@H]1CN(Cc3ccc(CCl)cc3)CCN21. The normalized spacial score (nSPS) is 19.5. The number of ether oxygens (including phenoxy) is 1. The van der Waals surface area contributed by atoms with Gasteiger partial charge in [0.25, 0.3) is 0 Å². The molecule has 0 N–H and O–H groups in total. The summed E-state index contributed by atoms with van der Waals surface area (Å²) in [7, 11) is 0. The highest BCUT2D eigenvalue weighted by molar-refractivity contribution is 6.17. The lowest BCUT2D eigenvalue weighted by molar-refractivity contribution is 0.162. The van der Waals surface area contributed by atoms with Crippen LogP contribution in [0.4, 0.5) is 11.4 Å². The van der Waals surface area contributed by atoms with E-state index in [9.17, 15) is 0 Å². The fourth-order valence-electron chi connectivity index (χ4n) is 3.63. The molecule has 2 aromatic carbocycles. The number of piperazine rings is 1. The molecule has 2 heterocycles. The van der Waals surface area contributed by atoms with Crippen LogP contribution < -0.4 is 9.64 Å². The van der Waals surface area contributed by atoms with Crippen molar-refractivity contribution < 1.29 is 4.74 Å². The van der Waals surface area contributed by atoms with Crippen molar-refractivity contribution in [2.24, 2.45) is 0 Å². The molecule has 0 aromatic heterocycles. The second kappa shape index (κ2) is 6.95. The van der Waals surface area contributed by atoms with Gasteiger partial charge in [0.05, 0.1) is 18.3 Å². The molecule has 0 aliphatic carbocycles. The van der Waals surface area contributed by atoms with E-state index < -0.39 is 0 Å². The van der Waals surface area contributed by atoms with Crippen LogP contribution in [0.15, 0.2) is 42.5 Å². The summed E-state index contributed by atoms with van der Waals surface area (Å²) in [6, 6.07) is 14.7. The number of hydrogen-bond donors (Lipinski definition) is 0. The first kappa shape index (κ1) is 16.3. The van der Waals surface area contributed by atoms with Gasteiger partial charge in [-0.3, -0.25) is 4.90 Å². The molecule has 1 atom stereocenters. The van der Waals surface area contributed by atoms with E-state index in [1.165, 1.54) is 5.56 Å². The molecule has 1 fully saturated rings. The maximum absolute atomic E-state index is 7.14. The summed E-state index contributed by atoms with van der Waals surface area (Å²) in [4.78, 5) is 8.40. The van der Waals surface area contributed by atoms with Crippen LogP contribution in [0.2, 0.25) is 0 Å². The molecule has 5 heteroatoms. The van der Waals surface area contributed by atoms with Gasteiger partial charge in [0.15, 0.2) is 5.69 Å². The molecule has 128 valence electrons. The molecule has 0 bridgehead atoms. The van der Waals surface area contributed by atoms with E-state index >= 15 is 0 Å². The lowest BCUT2D eigenvalue weighted by Gasteiger charge is -2.45. The van der Waals surface area contributed by atoms with Crippen LogP contribution in [0.5, 0.6) is 5.75 Å². The van der Waals surface area contributed by atoms with Crippen LogP contribution in [0.3, 0.4) is 0 Å². The zero-order valence-electron chi connectivity index (χ0n) is 14.0. The summed E-state index contributed by atoms with van der Waals surface area (Å²) in [5.41, 5.74) is 4.23. The lowest BCUT2D eigenvalue weighted by Crippen LogP contribution is -2.56. The molecule has 0 saturated carbocycles. The zero-order chi connectivity index (χ0) is 17.2. The first-order valence-corrected chi connectivity index (χ1v) is 9.07. The van der Waals surface area contributed by atoms with E-state index in [2.05, 4.69) is 38.9 Å². The molecule has 4 rings (SSSR count). The van der Waals surface area contributed by atoms with Crippen LogP contribution in [0, 0.1) is 6.57 Å². The fraction of sp³-hybridized carbons (Fsp3) is 0.350. The monoisotopic (exact) mass is 353 g/mol. The van der Waals surface area contributed by atoms with Crippen molar-refractivity contribution in [2.45, 2.75) is 18.5 Å². The van der Waals surface area contributed by atoms with Gasteiger partial charge in [-0.25, -0.2) is 4.85 Å². The molecule has 1 saturated heterocycles. The number of halogens is 1. The van der Waals surface area contributed by atoms with Crippen molar-refractivity contribution >= 4 is 23.0 Å². The summed E-state index contributed by atoms with van der Waals surface area (Å²) in [5, 5.41) is 0. The largest absolute Gasteiger partial charge is 0.491 e. The molecular weight excluding hydrogens is 334 g/mol. The number of anilines is 1. The molecule has 0 spiro atoms. The first-order valence-electron chi connectivity index (χ1n) is 8.54. The quantitative estimate of drug-likeness (QED) is 0.613. The Morgan fingerprint density at radius 2 is 1.92 bits per heavy atom. The van der Waals surface area contributed by atoms with E-state index in [4.69, 9.17) is 22.9 Å². The Bertz CT molecular complexity index is 800. The van der Waals surface area contributed by atoms with E-state index in [1.54, 1.807) is 0 Å². The van der Waals surface area contributed by atoms with E-state index in [-0.39, 0.29) is 0 Å². The van der Waals surface area contributed by atoms with Crippen molar-refractivity contribution in [2.75, 3.05) is 31.1 Å². The highest BCUT2D eigenvalue weighted by Crippen LogP contribution is 2.38. The van der Waals surface area contributed by atoms with Crippen molar-refractivity contribution in [3.63, 3.8) is 0 Å². The Kier molecular flexibility index (Phi) is 4.52. The molecule has 4 nitrogen and oxygen atoms in total. The van der Waals surface area contributed by atoms with Crippen LogP contribution in [-0.4, -0.2) is 37.2 Å². The Labute approximate surface area is 153 Å². The molecule has 25 heavy (non-hydrogen) atoms. The van der Waals surface area contributed by atoms with Crippen molar-refractivity contribution in [1.29, 1.82) is 0 Å². The summed E-state index contributed by atoms with van der Waals surface area (Å²) >= 11 is 5.86. The Morgan fingerprint density at radius 1 is 1.12 bits per heavy atom. The van der Waals surface area contributed by atoms with E-state index in [1.807, 2.05) is 18.2 Å².